The molecule has 0 aliphatic carbocycles. The van der Waals surface area contributed by atoms with Gasteiger partial charge in [-0.1, -0.05) is 30.4 Å². The van der Waals surface area contributed by atoms with Gasteiger partial charge in [0.25, 0.3) is 0 Å². The molecule has 0 unspecified atom stereocenters. The Kier molecular flexibility index (Phi) is 3.88. The molecule has 28 heavy (non-hydrogen) atoms. The van der Waals surface area contributed by atoms with Crippen LogP contribution in [0.25, 0.3) is 10.9 Å². The number of rotatable bonds is 5. The molecular weight excluding hydrogens is 354 g/mol. The number of carbonyl (C=O) groups is 2. The molecule has 1 aromatic heterocycles. The molecule has 2 fully saturated rings. The van der Waals surface area contributed by atoms with E-state index in [9.17, 15) is 9.59 Å². The molecule has 6 nitrogen and oxygen atoms in total. The third kappa shape index (κ3) is 2.51. The first-order valence-corrected chi connectivity index (χ1v) is 10.00. The van der Waals surface area contributed by atoms with E-state index in [-0.39, 0.29) is 24.0 Å². The van der Waals surface area contributed by atoms with Crippen LogP contribution in [0.1, 0.15) is 19.4 Å². The number of amides is 2. The highest BCUT2D eigenvalue weighted by molar-refractivity contribution is 5.93. The summed E-state index contributed by atoms with van der Waals surface area (Å²) in [5.74, 6) is -0.888. The summed E-state index contributed by atoms with van der Waals surface area (Å²) in [5.41, 5.74) is 1.67. The highest BCUT2D eigenvalue weighted by Gasteiger charge is 2.66. The monoisotopic (exact) mass is 379 g/mol. The van der Waals surface area contributed by atoms with Gasteiger partial charge in [-0.25, -0.2) is 0 Å². The maximum atomic E-state index is 13.2. The van der Waals surface area contributed by atoms with Crippen LogP contribution in [-0.2, 0) is 20.7 Å². The van der Waals surface area contributed by atoms with E-state index in [1.54, 1.807) is 0 Å². The molecule has 6 heteroatoms. The number of hydrogen-bond donors (Lipinski definition) is 2. The zero-order valence-electron chi connectivity index (χ0n) is 16.1. The minimum absolute atomic E-state index is 0.0376. The van der Waals surface area contributed by atoms with E-state index in [2.05, 4.69) is 22.4 Å². The number of ether oxygens (including phenoxy) is 1. The fourth-order valence-electron chi connectivity index (χ4n) is 5.04. The number of likely N-dealkylation sites (tertiary alicyclic amines) is 1. The molecule has 0 saturated carbocycles. The van der Waals surface area contributed by atoms with Gasteiger partial charge in [0.15, 0.2) is 0 Å². The second kappa shape index (κ2) is 6.21. The molecule has 2 N–H and O–H groups in total. The maximum absolute atomic E-state index is 13.2. The van der Waals surface area contributed by atoms with Crippen molar-refractivity contribution in [2.75, 3.05) is 13.1 Å². The number of hydrogen-bond acceptors (Lipinski definition) is 3. The number of aromatic nitrogens is 1. The van der Waals surface area contributed by atoms with E-state index in [0.717, 1.165) is 11.9 Å². The van der Waals surface area contributed by atoms with Crippen LogP contribution < -0.4 is 5.32 Å². The number of carbonyl (C=O) groups excluding carboxylic acids is 2. The van der Waals surface area contributed by atoms with Crippen molar-refractivity contribution in [1.82, 2.24) is 15.2 Å². The molecule has 1 aromatic carbocycles. The second-order valence-electron chi connectivity index (χ2n) is 8.43. The molecule has 5 rings (SSSR count). The van der Waals surface area contributed by atoms with Crippen LogP contribution in [0.5, 0.6) is 0 Å². The Hall–Kier alpha value is -2.60. The fraction of sp³-hybridized carbons (Fsp3) is 0.455. The lowest BCUT2D eigenvalue weighted by Gasteiger charge is -2.24. The topological polar surface area (TPSA) is 74.4 Å². The first-order valence-electron chi connectivity index (χ1n) is 10.00. The molecule has 4 heterocycles. The SMILES string of the molecule is CC(C)NC(=O)[C@H]1[C@H]2C=C[C@]3(CN(CCc4c[nH]c5ccccc45)C(=O)[C@@H]13)O2. The summed E-state index contributed by atoms with van der Waals surface area (Å²) in [5, 5.41) is 4.15. The number of H-pyrrole nitrogens is 1. The Morgan fingerprint density at radius 3 is 3.04 bits per heavy atom. The van der Waals surface area contributed by atoms with Crippen LogP contribution in [0, 0.1) is 11.8 Å². The van der Waals surface area contributed by atoms with Gasteiger partial charge in [0, 0.05) is 29.7 Å². The number of nitrogens with zero attached hydrogens (tertiary/aromatic N) is 1. The lowest BCUT2D eigenvalue weighted by atomic mass is 9.76. The van der Waals surface area contributed by atoms with Gasteiger partial charge >= 0.3 is 0 Å². The molecular formula is C22H25N3O3. The average molecular weight is 379 g/mol. The molecule has 4 atom stereocenters. The minimum Gasteiger partial charge on any atom is -0.361 e. The number of para-hydroxylation sites is 1. The van der Waals surface area contributed by atoms with Gasteiger partial charge in [-0.05, 0) is 31.9 Å². The lowest BCUT2D eigenvalue weighted by Crippen LogP contribution is -2.45. The van der Waals surface area contributed by atoms with Crippen molar-refractivity contribution in [3.05, 3.63) is 48.2 Å². The zero-order valence-corrected chi connectivity index (χ0v) is 16.1. The highest BCUT2D eigenvalue weighted by atomic mass is 16.5. The summed E-state index contributed by atoms with van der Waals surface area (Å²) < 4.78 is 6.17. The van der Waals surface area contributed by atoms with Gasteiger partial charge in [0.1, 0.15) is 5.60 Å². The molecule has 1 spiro atoms. The van der Waals surface area contributed by atoms with Crippen LogP contribution in [0.15, 0.2) is 42.6 Å². The smallest absolute Gasteiger partial charge is 0.230 e. The summed E-state index contributed by atoms with van der Waals surface area (Å²) in [6.45, 7) is 5.01. The molecule has 0 radical (unpaired) electrons. The van der Waals surface area contributed by atoms with Crippen molar-refractivity contribution in [3.63, 3.8) is 0 Å². The lowest BCUT2D eigenvalue weighted by molar-refractivity contribution is -0.137. The van der Waals surface area contributed by atoms with Crippen molar-refractivity contribution in [1.29, 1.82) is 0 Å². The van der Waals surface area contributed by atoms with E-state index in [0.29, 0.717) is 13.1 Å². The fourth-order valence-corrected chi connectivity index (χ4v) is 5.04. The highest BCUT2D eigenvalue weighted by Crippen LogP contribution is 2.51. The van der Waals surface area contributed by atoms with Crippen LogP contribution in [0.2, 0.25) is 0 Å². The first-order chi connectivity index (χ1) is 13.5. The molecule has 2 bridgehead atoms. The van der Waals surface area contributed by atoms with Crippen molar-refractivity contribution in [2.45, 2.75) is 38.0 Å². The van der Waals surface area contributed by atoms with Gasteiger partial charge in [-0.3, -0.25) is 9.59 Å². The third-order valence-electron chi connectivity index (χ3n) is 6.24. The molecule has 3 aliphatic rings. The van der Waals surface area contributed by atoms with Crippen molar-refractivity contribution in [3.8, 4) is 0 Å². The summed E-state index contributed by atoms with van der Waals surface area (Å²) >= 11 is 0. The van der Waals surface area contributed by atoms with E-state index in [1.807, 2.05) is 49.2 Å². The van der Waals surface area contributed by atoms with Gasteiger partial charge in [-0.2, -0.15) is 0 Å². The van der Waals surface area contributed by atoms with Gasteiger partial charge in [0.05, 0.1) is 24.5 Å². The maximum Gasteiger partial charge on any atom is 0.230 e. The Bertz CT molecular complexity index is 978. The molecule has 3 aliphatic heterocycles. The number of fused-ring (bicyclic) bond motifs is 2. The Labute approximate surface area is 163 Å². The quantitative estimate of drug-likeness (QED) is 0.781. The predicted octanol–water partition coefficient (Wildman–Crippen LogP) is 2.02. The van der Waals surface area contributed by atoms with Crippen molar-refractivity contribution < 1.29 is 14.3 Å². The zero-order chi connectivity index (χ0) is 19.5. The summed E-state index contributed by atoms with van der Waals surface area (Å²) in [4.78, 5) is 31.1. The van der Waals surface area contributed by atoms with E-state index in [4.69, 9.17) is 4.74 Å². The predicted molar refractivity (Wildman–Crippen MR) is 106 cm³/mol. The van der Waals surface area contributed by atoms with Gasteiger partial charge in [-0.15, -0.1) is 0 Å². The first kappa shape index (κ1) is 17.5. The second-order valence-corrected chi connectivity index (χ2v) is 8.43. The van der Waals surface area contributed by atoms with Gasteiger partial charge < -0.3 is 19.9 Å². The number of aromatic amines is 1. The molecule has 146 valence electrons. The average Bonchev–Trinajstić information content (AvgIpc) is 3.39. The van der Waals surface area contributed by atoms with Crippen molar-refractivity contribution in [2.24, 2.45) is 11.8 Å². The Morgan fingerprint density at radius 1 is 1.39 bits per heavy atom. The summed E-state index contributed by atoms with van der Waals surface area (Å²) in [6, 6.07) is 8.23. The normalized spacial score (nSPS) is 30.6. The largest absolute Gasteiger partial charge is 0.361 e. The summed E-state index contributed by atoms with van der Waals surface area (Å²) in [6.07, 6.45) is 6.46. The summed E-state index contributed by atoms with van der Waals surface area (Å²) in [7, 11) is 0. The number of benzene rings is 1. The van der Waals surface area contributed by atoms with Crippen LogP contribution in [0.4, 0.5) is 0 Å². The number of nitrogens with one attached hydrogen (secondary N) is 2. The minimum atomic E-state index is -0.638. The standard InChI is InChI=1S/C22H25N3O3/c1-13(2)24-20(26)18-17-7-9-22(28-17)12-25(21(27)19(18)22)10-8-14-11-23-16-6-4-3-5-15(14)16/h3-7,9,11,13,17-19,23H,8,10,12H2,1-2H3,(H,24,26)/t17-,18+,19-,22-/m1/s1. The molecule has 2 aromatic rings. The Balaban J connectivity index is 1.34. The van der Waals surface area contributed by atoms with Crippen LogP contribution in [0.3, 0.4) is 0 Å². The molecule has 2 amide bonds. The Morgan fingerprint density at radius 2 is 2.21 bits per heavy atom. The molecule has 2 saturated heterocycles. The van der Waals surface area contributed by atoms with Gasteiger partial charge in [0.2, 0.25) is 11.8 Å². The van der Waals surface area contributed by atoms with Crippen LogP contribution >= 0.6 is 0 Å². The third-order valence-corrected chi connectivity index (χ3v) is 6.24. The van der Waals surface area contributed by atoms with Crippen LogP contribution in [-0.4, -0.2) is 52.5 Å². The van der Waals surface area contributed by atoms with E-state index in [1.165, 1.54) is 10.9 Å². The van der Waals surface area contributed by atoms with Crippen molar-refractivity contribution >= 4 is 22.7 Å². The van der Waals surface area contributed by atoms with E-state index < -0.39 is 17.4 Å². The van der Waals surface area contributed by atoms with E-state index >= 15 is 0 Å².